The molecule has 2 aliphatic rings. The molecule has 2 aliphatic heterocycles. The predicted molar refractivity (Wildman–Crippen MR) is 141 cm³/mol. The summed E-state index contributed by atoms with van der Waals surface area (Å²) >= 11 is 0. The molecule has 1 fully saturated rings. The van der Waals surface area contributed by atoms with Crippen LogP contribution in [0.15, 0.2) is 78.3 Å². The smallest absolute Gasteiger partial charge is 0.219 e. The van der Waals surface area contributed by atoms with Crippen molar-refractivity contribution in [1.29, 1.82) is 5.41 Å². The third kappa shape index (κ3) is 5.04. The van der Waals surface area contributed by atoms with Crippen molar-refractivity contribution >= 4 is 23.1 Å². The van der Waals surface area contributed by atoms with Crippen LogP contribution in [-0.2, 0) is 16.6 Å². The maximum absolute atomic E-state index is 12.3. The van der Waals surface area contributed by atoms with Crippen molar-refractivity contribution in [3.05, 3.63) is 78.3 Å². The summed E-state index contributed by atoms with van der Waals surface area (Å²) in [5, 5.41) is 17.3. The summed E-state index contributed by atoms with van der Waals surface area (Å²) in [5.41, 5.74) is 5.75. The molecule has 5 rings (SSSR count). The lowest BCUT2D eigenvalue weighted by atomic mass is 10.0. The summed E-state index contributed by atoms with van der Waals surface area (Å²) in [6.45, 7) is 4.06. The minimum atomic E-state index is 0.0237. The molecule has 36 heavy (non-hydrogen) atoms. The van der Waals surface area contributed by atoms with E-state index in [-0.39, 0.29) is 11.9 Å². The van der Waals surface area contributed by atoms with Crippen LogP contribution >= 0.6 is 0 Å². The molecule has 0 radical (unpaired) electrons. The molecule has 0 bridgehead atoms. The number of hydrogen-bond donors (Lipinski definition) is 2. The second kappa shape index (κ2) is 10.4. The molecule has 1 atom stereocenters. The van der Waals surface area contributed by atoms with E-state index in [1.807, 2.05) is 71.7 Å². The number of nitrogens with one attached hydrogen (secondary N) is 2. The number of benzene rings is 2. The topological polar surface area (TPSA) is 86.5 Å². The second-order valence-electron chi connectivity index (χ2n) is 9.32. The number of carbonyl (C=O) groups is 1. The van der Waals surface area contributed by atoms with Crippen LogP contribution < -0.4 is 10.2 Å². The van der Waals surface area contributed by atoms with Gasteiger partial charge in [-0.1, -0.05) is 30.3 Å². The van der Waals surface area contributed by atoms with Gasteiger partial charge in [0, 0.05) is 67.9 Å². The molecule has 3 heterocycles. The Balaban J connectivity index is 1.52. The first-order valence-corrected chi connectivity index (χ1v) is 12.3. The van der Waals surface area contributed by atoms with Crippen LogP contribution in [0.4, 0.5) is 11.4 Å². The minimum absolute atomic E-state index is 0.0237. The molecule has 2 N–H and O–H groups in total. The fraction of sp³-hybridized carbons (Fsp3) is 0.321. The summed E-state index contributed by atoms with van der Waals surface area (Å²) in [7, 11) is 1.90. The fourth-order valence-electron chi connectivity index (χ4n) is 4.80. The third-order valence-corrected chi connectivity index (χ3v) is 6.79. The molecule has 0 aliphatic carbocycles. The van der Waals surface area contributed by atoms with E-state index in [0.29, 0.717) is 32.0 Å². The molecule has 3 aromatic rings. The van der Waals surface area contributed by atoms with Gasteiger partial charge < -0.3 is 15.0 Å². The Morgan fingerprint density at radius 3 is 2.50 bits per heavy atom. The zero-order valence-electron chi connectivity index (χ0n) is 20.8. The SMILES string of the molecule is CC(=O)N1CCC(N[C@H]2CCOC2)=C(C(=N)N(c2ccccc2)c2ccc(-c3cnn(C)c3)cc2)C1. The van der Waals surface area contributed by atoms with E-state index in [2.05, 4.69) is 22.5 Å². The van der Waals surface area contributed by atoms with Crippen LogP contribution in [0, 0.1) is 5.41 Å². The molecule has 1 amide bonds. The van der Waals surface area contributed by atoms with Crippen molar-refractivity contribution in [2.24, 2.45) is 7.05 Å². The lowest BCUT2D eigenvalue weighted by molar-refractivity contribution is -0.128. The lowest BCUT2D eigenvalue weighted by Gasteiger charge is -2.35. The summed E-state index contributed by atoms with van der Waals surface area (Å²) in [5.74, 6) is 0.387. The fourth-order valence-corrected chi connectivity index (χ4v) is 4.80. The highest BCUT2D eigenvalue weighted by Crippen LogP contribution is 2.32. The number of amides is 1. The number of carbonyl (C=O) groups excluding carboxylic acids is 1. The van der Waals surface area contributed by atoms with Gasteiger partial charge in [-0.15, -0.1) is 0 Å². The van der Waals surface area contributed by atoms with Crippen molar-refractivity contribution < 1.29 is 9.53 Å². The highest BCUT2D eigenvalue weighted by molar-refractivity contribution is 6.13. The maximum Gasteiger partial charge on any atom is 0.219 e. The Kier molecular flexibility index (Phi) is 6.86. The van der Waals surface area contributed by atoms with Gasteiger partial charge in [0.25, 0.3) is 0 Å². The largest absolute Gasteiger partial charge is 0.383 e. The second-order valence-corrected chi connectivity index (χ2v) is 9.32. The Morgan fingerprint density at radius 1 is 1.11 bits per heavy atom. The molecule has 1 aromatic heterocycles. The van der Waals surface area contributed by atoms with Crippen LogP contribution in [-0.4, -0.2) is 58.8 Å². The zero-order chi connectivity index (χ0) is 25.1. The molecule has 2 aromatic carbocycles. The molecule has 8 heteroatoms. The predicted octanol–water partition coefficient (Wildman–Crippen LogP) is 4.09. The Bertz CT molecular complexity index is 1260. The Labute approximate surface area is 211 Å². The van der Waals surface area contributed by atoms with E-state index in [4.69, 9.17) is 4.74 Å². The van der Waals surface area contributed by atoms with Crippen molar-refractivity contribution in [3.63, 3.8) is 0 Å². The van der Waals surface area contributed by atoms with Gasteiger partial charge in [-0.25, -0.2) is 0 Å². The molecule has 1 saturated heterocycles. The number of para-hydroxylation sites is 1. The van der Waals surface area contributed by atoms with Crippen molar-refractivity contribution in [1.82, 2.24) is 20.0 Å². The molecule has 8 nitrogen and oxygen atoms in total. The number of rotatable bonds is 6. The number of nitrogens with zero attached hydrogens (tertiary/aromatic N) is 4. The van der Waals surface area contributed by atoms with Crippen molar-refractivity contribution in [2.45, 2.75) is 25.8 Å². The van der Waals surface area contributed by atoms with E-state index < -0.39 is 0 Å². The molecular weight excluding hydrogens is 452 g/mol. The number of ether oxygens (including phenoxy) is 1. The molecule has 0 saturated carbocycles. The van der Waals surface area contributed by atoms with Gasteiger partial charge in [-0.05, 0) is 36.2 Å². The van der Waals surface area contributed by atoms with E-state index in [1.165, 1.54) is 0 Å². The van der Waals surface area contributed by atoms with Crippen molar-refractivity contribution in [3.8, 4) is 11.1 Å². The van der Waals surface area contributed by atoms with Gasteiger partial charge in [0.2, 0.25) is 5.91 Å². The number of hydrogen-bond acceptors (Lipinski definition) is 5. The van der Waals surface area contributed by atoms with Gasteiger partial charge in [-0.2, -0.15) is 5.10 Å². The van der Waals surface area contributed by atoms with Gasteiger partial charge in [0.05, 0.1) is 25.4 Å². The van der Waals surface area contributed by atoms with Crippen molar-refractivity contribution in [2.75, 3.05) is 31.2 Å². The average Bonchev–Trinajstić information content (AvgIpc) is 3.57. The van der Waals surface area contributed by atoms with Gasteiger partial charge in [0.1, 0.15) is 5.84 Å². The summed E-state index contributed by atoms with van der Waals surface area (Å²) in [6.07, 6.45) is 5.47. The average molecular weight is 485 g/mol. The van der Waals surface area contributed by atoms with Crippen LogP contribution in [0.25, 0.3) is 11.1 Å². The number of anilines is 2. The lowest BCUT2D eigenvalue weighted by Crippen LogP contribution is -2.44. The van der Waals surface area contributed by atoms with Crippen LogP contribution in [0.2, 0.25) is 0 Å². The number of aromatic nitrogens is 2. The Hall–Kier alpha value is -3.91. The first-order valence-electron chi connectivity index (χ1n) is 12.3. The van der Waals surface area contributed by atoms with Gasteiger partial charge >= 0.3 is 0 Å². The normalized spacial score (nSPS) is 17.8. The molecule has 0 unspecified atom stereocenters. The zero-order valence-corrected chi connectivity index (χ0v) is 20.8. The minimum Gasteiger partial charge on any atom is -0.383 e. The molecular formula is C28H32N6O2. The maximum atomic E-state index is 12.3. The van der Waals surface area contributed by atoms with Crippen LogP contribution in [0.1, 0.15) is 19.8 Å². The Morgan fingerprint density at radius 2 is 1.86 bits per heavy atom. The molecule has 186 valence electrons. The first kappa shape index (κ1) is 23.8. The number of aryl methyl sites for hydroxylation is 1. The summed E-state index contributed by atoms with van der Waals surface area (Å²) in [6, 6.07) is 18.4. The quantitative estimate of drug-likeness (QED) is 0.407. The monoisotopic (exact) mass is 484 g/mol. The first-order chi connectivity index (χ1) is 17.5. The standard InChI is InChI=1S/C28H32N6O2/c1-20(35)33-14-12-27(31-23-13-15-36-19-23)26(18-33)28(29)34(24-6-4-3-5-7-24)25-10-8-21(9-11-25)22-16-30-32(2)17-22/h3-11,16-17,23,29,31H,12-15,18-19H2,1-2H3/t23-/m0/s1. The highest BCUT2D eigenvalue weighted by Gasteiger charge is 2.29. The van der Waals surface area contributed by atoms with Crippen LogP contribution in [0.5, 0.6) is 0 Å². The van der Waals surface area contributed by atoms with E-state index in [1.54, 1.807) is 11.6 Å². The summed E-state index contributed by atoms with van der Waals surface area (Å²) < 4.78 is 7.36. The van der Waals surface area contributed by atoms with E-state index in [0.717, 1.165) is 46.8 Å². The van der Waals surface area contributed by atoms with Gasteiger partial charge in [0.15, 0.2) is 0 Å². The van der Waals surface area contributed by atoms with E-state index in [9.17, 15) is 10.2 Å². The van der Waals surface area contributed by atoms with E-state index >= 15 is 0 Å². The van der Waals surface area contributed by atoms with Gasteiger partial charge in [-0.3, -0.25) is 19.8 Å². The van der Waals surface area contributed by atoms with Crippen LogP contribution in [0.3, 0.4) is 0 Å². The summed E-state index contributed by atoms with van der Waals surface area (Å²) in [4.78, 5) is 16.0. The third-order valence-electron chi connectivity index (χ3n) is 6.79. The molecule has 0 spiro atoms. The number of amidine groups is 1. The highest BCUT2D eigenvalue weighted by atomic mass is 16.5.